The smallest absolute Gasteiger partial charge is 0.273 e. The number of nitrogens with two attached hydrogens (primary N) is 2. The summed E-state index contributed by atoms with van der Waals surface area (Å²) in [5.74, 6) is -1.66. The summed E-state index contributed by atoms with van der Waals surface area (Å²) in [5.41, 5.74) is 13.2. The number of hydrogen-bond acceptors (Lipinski definition) is 7. The lowest BCUT2D eigenvalue weighted by molar-refractivity contribution is -0.123. The van der Waals surface area contributed by atoms with E-state index in [4.69, 9.17) is 11.5 Å². The second-order valence-electron chi connectivity index (χ2n) is 8.33. The molecule has 0 aliphatic heterocycles. The normalized spacial score (nSPS) is 14.5. The van der Waals surface area contributed by atoms with Crippen molar-refractivity contribution in [1.82, 2.24) is 14.7 Å². The van der Waals surface area contributed by atoms with Crippen LogP contribution in [0, 0.1) is 6.92 Å². The van der Waals surface area contributed by atoms with E-state index < -0.39 is 17.9 Å². The third-order valence-corrected chi connectivity index (χ3v) is 6.74. The molecule has 34 heavy (non-hydrogen) atoms. The maximum atomic E-state index is 13.9. The summed E-state index contributed by atoms with van der Waals surface area (Å²) in [7, 11) is 0. The van der Waals surface area contributed by atoms with Gasteiger partial charge in [-0.05, 0) is 66.7 Å². The average molecular weight is 479 g/mol. The van der Waals surface area contributed by atoms with Crippen LogP contribution >= 0.6 is 11.5 Å². The molecule has 1 aromatic carbocycles. The first-order valence-electron chi connectivity index (χ1n) is 11.0. The minimum Gasteiger partial charge on any atom is -0.395 e. The van der Waals surface area contributed by atoms with Gasteiger partial charge in [-0.3, -0.25) is 24.3 Å². The minimum absolute atomic E-state index is 0.0445. The quantitative estimate of drug-likeness (QED) is 0.476. The molecule has 0 spiro atoms. The van der Waals surface area contributed by atoms with E-state index in [9.17, 15) is 14.4 Å². The van der Waals surface area contributed by atoms with Gasteiger partial charge in [-0.15, -0.1) is 0 Å². The predicted octanol–water partition coefficient (Wildman–Crippen LogP) is 2.97. The van der Waals surface area contributed by atoms with Gasteiger partial charge in [0.25, 0.3) is 11.8 Å². The lowest BCUT2D eigenvalue weighted by Crippen LogP contribution is -2.46. The van der Waals surface area contributed by atoms with Crippen molar-refractivity contribution in [1.29, 1.82) is 0 Å². The Labute approximate surface area is 201 Å². The lowest BCUT2D eigenvalue weighted by atomic mass is 10.0. The standard InChI is InChI=1S/C24H26N6O3S/c1-14-5-4-8-17(13-14)30(24(33)21-18(25)19(22(26)31)29-34-21)20(15-9-11-27-12-10-15)23(32)28-16-6-2-3-7-16/h4-5,8-13,16,20H,2-3,6-7,25H2,1H3,(H2,26,31)(H,28,32)/t20-/m1/s1. The number of nitrogens with one attached hydrogen (secondary N) is 1. The van der Waals surface area contributed by atoms with Crippen molar-refractivity contribution in [3.8, 4) is 0 Å². The van der Waals surface area contributed by atoms with Crippen molar-refractivity contribution in [2.45, 2.75) is 44.7 Å². The molecular weight excluding hydrogens is 452 g/mol. The van der Waals surface area contributed by atoms with Crippen LogP contribution in [0.5, 0.6) is 0 Å². The van der Waals surface area contributed by atoms with Gasteiger partial charge in [-0.1, -0.05) is 25.0 Å². The molecule has 0 unspecified atom stereocenters. The molecule has 9 nitrogen and oxygen atoms in total. The molecule has 1 fully saturated rings. The van der Waals surface area contributed by atoms with E-state index >= 15 is 0 Å². The zero-order valence-electron chi connectivity index (χ0n) is 18.7. The average Bonchev–Trinajstić information content (AvgIpc) is 3.47. The highest BCUT2D eigenvalue weighted by atomic mass is 32.1. The van der Waals surface area contributed by atoms with Gasteiger partial charge >= 0.3 is 0 Å². The number of carbonyl (C=O) groups excluding carboxylic acids is 3. The van der Waals surface area contributed by atoms with Crippen LogP contribution in [-0.2, 0) is 4.79 Å². The molecule has 2 heterocycles. The monoisotopic (exact) mass is 478 g/mol. The maximum absolute atomic E-state index is 13.9. The molecule has 5 N–H and O–H groups in total. The molecule has 1 aliphatic carbocycles. The first-order chi connectivity index (χ1) is 16.4. The summed E-state index contributed by atoms with van der Waals surface area (Å²) >= 11 is 0.786. The van der Waals surface area contributed by atoms with Crippen LogP contribution in [-0.4, -0.2) is 33.1 Å². The first-order valence-corrected chi connectivity index (χ1v) is 11.8. The number of primary amides is 1. The molecule has 0 radical (unpaired) electrons. The number of hydrogen-bond donors (Lipinski definition) is 3. The maximum Gasteiger partial charge on any atom is 0.273 e. The highest BCUT2D eigenvalue weighted by molar-refractivity contribution is 7.09. The number of benzene rings is 1. The fourth-order valence-electron chi connectivity index (χ4n) is 4.21. The summed E-state index contributed by atoms with van der Waals surface area (Å²) in [5, 5.41) is 3.12. The Morgan fingerprint density at radius 1 is 1.15 bits per heavy atom. The number of aromatic nitrogens is 2. The first kappa shape index (κ1) is 23.4. The van der Waals surface area contributed by atoms with Crippen LogP contribution in [0.15, 0.2) is 48.8 Å². The molecule has 4 rings (SSSR count). The van der Waals surface area contributed by atoms with E-state index in [1.54, 1.807) is 30.6 Å². The topological polar surface area (TPSA) is 144 Å². The molecule has 176 valence electrons. The number of pyridine rings is 1. The Kier molecular flexibility index (Phi) is 6.87. The molecule has 10 heteroatoms. The molecular formula is C24H26N6O3S. The van der Waals surface area contributed by atoms with Crippen molar-refractivity contribution in [3.05, 3.63) is 70.5 Å². The Bertz CT molecular complexity index is 1210. The van der Waals surface area contributed by atoms with E-state index in [2.05, 4.69) is 14.7 Å². The van der Waals surface area contributed by atoms with Gasteiger partial charge in [-0.2, -0.15) is 4.37 Å². The van der Waals surface area contributed by atoms with Crippen LogP contribution in [0.1, 0.15) is 63.0 Å². The number of carbonyl (C=O) groups is 3. The Balaban J connectivity index is 1.84. The summed E-state index contributed by atoms with van der Waals surface area (Å²) in [4.78, 5) is 44.8. The SMILES string of the molecule is Cc1cccc(N(C(=O)c2snc(C(N)=O)c2N)[C@@H](C(=O)NC2CCCC2)c2ccncc2)c1. The van der Waals surface area contributed by atoms with Crippen molar-refractivity contribution in [3.63, 3.8) is 0 Å². The summed E-state index contributed by atoms with van der Waals surface area (Å²) in [6, 6.07) is 9.78. The largest absolute Gasteiger partial charge is 0.395 e. The fraction of sp³-hybridized carbons (Fsp3) is 0.292. The van der Waals surface area contributed by atoms with Crippen LogP contribution < -0.4 is 21.7 Å². The van der Waals surface area contributed by atoms with E-state index in [0.717, 1.165) is 42.8 Å². The van der Waals surface area contributed by atoms with Crippen molar-refractivity contribution < 1.29 is 14.4 Å². The van der Waals surface area contributed by atoms with E-state index in [0.29, 0.717) is 11.3 Å². The van der Waals surface area contributed by atoms with E-state index in [1.807, 2.05) is 25.1 Å². The third kappa shape index (κ3) is 4.76. The number of nitrogens with zero attached hydrogens (tertiary/aromatic N) is 3. The lowest BCUT2D eigenvalue weighted by Gasteiger charge is -2.32. The fourth-order valence-corrected chi connectivity index (χ4v) is 4.96. The zero-order chi connectivity index (χ0) is 24.2. The second-order valence-corrected chi connectivity index (χ2v) is 9.10. The molecule has 1 atom stereocenters. The van der Waals surface area contributed by atoms with Gasteiger partial charge in [0, 0.05) is 24.1 Å². The number of nitrogen functional groups attached to an aromatic ring is 1. The highest BCUT2D eigenvalue weighted by Gasteiger charge is 2.37. The van der Waals surface area contributed by atoms with Crippen LogP contribution in [0.4, 0.5) is 11.4 Å². The van der Waals surface area contributed by atoms with Gasteiger partial charge in [0.2, 0.25) is 5.91 Å². The van der Waals surface area contributed by atoms with Crippen molar-refractivity contribution in [2.75, 3.05) is 10.6 Å². The molecule has 1 aliphatic rings. The van der Waals surface area contributed by atoms with Crippen LogP contribution in [0.2, 0.25) is 0 Å². The van der Waals surface area contributed by atoms with Crippen molar-refractivity contribution >= 4 is 40.6 Å². The van der Waals surface area contributed by atoms with Crippen molar-refractivity contribution in [2.24, 2.45) is 5.73 Å². The second kappa shape index (κ2) is 10.0. The van der Waals surface area contributed by atoms with E-state index in [-0.39, 0.29) is 28.2 Å². The molecule has 2 aromatic heterocycles. The molecule has 0 bridgehead atoms. The van der Waals surface area contributed by atoms with Gasteiger partial charge in [-0.25, -0.2) is 0 Å². The van der Waals surface area contributed by atoms with Gasteiger partial charge in [0.1, 0.15) is 10.9 Å². The van der Waals surface area contributed by atoms with Crippen LogP contribution in [0.25, 0.3) is 0 Å². The summed E-state index contributed by atoms with van der Waals surface area (Å²) in [6.45, 7) is 1.90. The Morgan fingerprint density at radius 3 is 2.47 bits per heavy atom. The Morgan fingerprint density at radius 2 is 1.85 bits per heavy atom. The van der Waals surface area contributed by atoms with E-state index in [1.165, 1.54) is 4.90 Å². The number of amides is 3. The summed E-state index contributed by atoms with van der Waals surface area (Å²) < 4.78 is 3.97. The Hall–Kier alpha value is -3.79. The van der Waals surface area contributed by atoms with Crippen LogP contribution in [0.3, 0.4) is 0 Å². The van der Waals surface area contributed by atoms with Gasteiger partial charge in [0.05, 0.1) is 5.69 Å². The number of rotatable bonds is 7. The number of aryl methyl sites for hydroxylation is 1. The minimum atomic E-state index is -0.989. The summed E-state index contributed by atoms with van der Waals surface area (Å²) in [6.07, 6.45) is 7.07. The third-order valence-electron chi connectivity index (χ3n) is 5.88. The van der Waals surface area contributed by atoms with Gasteiger partial charge in [0.15, 0.2) is 5.69 Å². The molecule has 3 amide bonds. The molecule has 3 aromatic rings. The zero-order valence-corrected chi connectivity index (χ0v) is 19.5. The highest BCUT2D eigenvalue weighted by Crippen LogP contribution is 2.33. The molecule has 1 saturated carbocycles. The predicted molar refractivity (Wildman–Crippen MR) is 130 cm³/mol. The molecule has 0 saturated heterocycles. The van der Waals surface area contributed by atoms with Gasteiger partial charge < -0.3 is 16.8 Å². The number of anilines is 2.